The van der Waals surface area contributed by atoms with Crippen molar-refractivity contribution in [1.82, 2.24) is 10.0 Å². The maximum atomic E-state index is 12.0. The van der Waals surface area contributed by atoms with Crippen molar-refractivity contribution >= 4 is 10.0 Å². The number of ether oxygens (including phenoxy) is 1. The third kappa shape index (κ3) is 7.08. The zero-order valence-corrected chi connectivity index (χ0v) is 13.8. The van der Waals surface area contributed by atoms with E-state index in [1.54, 1.807) is 6.07 Å². The van der Waals surface area contributed by atoms with Gasteiger partial charge in [-0.05, 0) is 31.0 Å². The van der Waals surface area contributed by atoms with Gasteiger partial charge in [-0.25, -0.2) is 13.1 Å². The molecule has 1 aromatic heterocycles. The molecular weight excluding hydrogens is 292 g/mol. The molecule has 2 N–H and O–H groups in total. The van der Waals surface area contributed by atoms with Crippen molar-refractivity contribution in [2.75, 3.05) is 26.3 Å². The molecule has 0 saturated heterocycles. The van der Waals surface area contributed by atoms with E-state index in [-0.39, 0.29) is 11.6 Å². The molecule has 0 radical (unpaired) electrons. The number of hydrogen-bond acceptors (Lipinski definition) is 5. The minimum Gasteiger partial charge on any atom is -0.447 e. The molecular formula is C14H26N2O4S. The van der Waals surface area contributed by atoms with Crippen LogP contribution in [0.2, 0.25) is 0 Å². The predicted octanol–water partition coefficient (Wildman–Crippen LogP) is 1.73. The first-order valence-corrected chi connectivity index (χ1v) is 8.81. The molecule has 1 aromatic rings. The van der Waals surface area contributed by atoms with E-state index in [9.17, 15) is 8.42 Å². The summed E-state index contributed by atoms with van der Waals surface area (Å²) < 4.78 is 37.1. The van der Waals surface area contributed by atoms with Crippen molar-refractivity contribution < 1.29 is 17.6 Å². The molecule has 0 fully saturated rings. The molecule has 122 valence electrons. The van der Waals surface area contributed by atoms with E-state index < -0.39 is 10.0 Å². The Hall–Kier alpha value is -0.890. The Bertz CT molecular complexity index is 497. The van der Waals surface area contributed by atoms with E-state index in [1.165, 1.54) is 6.07 Å². The Morgan fingerprint density at radius 2 is 2.05 bits per heavy atom. The lowest BCUT2D eigenvalue weighted by Crippen LogP contribution is -2.27. The Kier molecular flexibility index (Phi) is 7.95. The first kappa shape index (κ1) is 18.2. The number of hydrogen-bond donors (Lipinski definition) is 2. The number of sulfonamides is 1. The van der Waals surface area contributed by atoms with Gasteiger partial charge in [0.25, 0.3) is 10.0 Å². The van der Waals surface area contributed by atoms with Crippen molar-refractivity contribution in [1.29, 1.82) is 0 Å². The third-order valence-corrected chi connectivity index (χ3v) is 3.95. The molecule has 6 nitrogen and oxygen atoms in total. The van der Waals surface area contributed by atoms with Gasteiger partial charge >= 0.3 is 0 Å². The van der Waals surface area contributed by atoms with E-state index in [4.69, 9.17) is 9.15 Å². The van der Waals surface area contributed by atoms with Gasteiger partial charge in [0.15, 0.2) is 0 Å². The van der Waals surface area contributed by atoms with Crippen molar-refractivity contribution in [3.8, 4) is 0 Å². The highest BCUT2D eigenvalue weighted by Gasteiger charge is 2.18. The molecule has 0 bridgehead atoms. The minimum atomic E-state index is -3.60. The van der Waals surface area contributed by atoms with Gasteiger partial charge in [0.2, 0.25) is 5.09 Å². The number of nitrogens with one attached hydrogen (secondary N) is 2. The maximum absolute atomic E-state index is 12.0. The topological polar surface area (TPSA) is 80.6 Å². The first-order chi connectivity index (χ1) is 9.95. The maximum Gasteiger partial charge on any atom is 0.274 e. The molecule has 0 saturated carbocycles. The fourth-order valence-corrected chi connectivity index (χ4v) is 2.58. The van der Waals surface area contributed by atoms with Gasteiger partial charge in [-0.3, -0.25) is 0 Å². The van der Waals surface area contributed by atoms with Crippen LogP contribution in [0.15, 0.2) is 21.6 Å². The zero-order chi connectivity index (χ0) is 15.7. The normalized spacial score (nSPS) is 12.2. The molecule has 1 heterocycles. The van der Waals surface area contributed by atoms with Crippen molar-refractivity contribution in [3.05, 3.63) is 17.9 Å². The quantitative estimate of drug-likeness (QED) is 0.607. The van der Waals surface area contributed by atoms with Crippen LogP contribution < -0.4 is 10.0 Å². The summed E-state index contributed by atoms with van der Waals surface area (Å²) in [4.78, 5) is 0. The van der Waals surface area contributed by atoms with Gasteiger partial charge in [-0.15, -0.1) is 0 Å². The highest BCUT2D eigenvalue weighted by atomic mass is 32.2. The average Bonchev–Trinajstić information content (AvgIpc) is 2.88. The van der Waals surface area contributed by atoms with Crippen molar-refractivity contribution in [3.63, 3.8) is 0 Å². The SMILES string of the molecule is CCCNCc1ccc(S(=O)(=O)NCCOCC(C)C)o1. The van der Waals surface area contributed by atoms with Crippen molar-refractivity contribution in [2.45, 2.75) is 38.8 Å². The van der Waals surface area contributed by atoms with Crippen LogP contribution in [-0.4, -0.2) is 34.7 Å². The first-order valence-electron chi connectivity index (χ1n) is 7.32. The monoisotopic (exact) mass is 318 g/mol. The number of rotatable bonds is 11. The molecule has 0 spiro atoms. The summed E-state index contributed by atoms with van der Waals surface area (Å²) in [5.41, 5.74) is 0. The lowest BCUT2D eigenvalue weighted by atomic mass is 10.2. The Morgan fingerprint density at radius 3 is 2.71 bits per heavy atom. The molecule has 0 aliphatic rings. The van der Waals surface area contributed by atoms with Gasteiger partial charge in [-0.2, -0.15) is 0 Å². The molecule has 0 aliphatic carbocycles. The fraction of sp³-hybridized carbons (Fsp3) is 0.714. The summed E-state index contributed by atoms with van der Waals surface area (Å²) in [6, 6.07) is 3.15. The smallest absolute Gasteiger partial charge is 0.274 e. The van der Waals surface area contributed by atoms with Crippen LogP contribution in [0.5, 0.6) is 0 Å². The van der Waals surface area contributed by atoms with Gasteiger partial charge in [0.05, 0.1) is 13.2 Å². The summed E-state index contributed by atoms with van der Waals surface area (Å²) in [5, 5.41) is 3.10. The van der Waals surface area contributed by atoms with Crippen LogP contribution in [-0.2, 0) is 21.3 Å². The van der Waals surface area contributed by atoms with E-state index in [0.29, 0.717) is 31.4 Å². The molecule has 0 amide bonds. The zero-order valence-electron chi connectivity index (χ0n) is 13.0. The molecule has 0 atom stereocenters. The second kappa shape index (κ2) is 9.19. The van der Waals surface area contributed by atoms with Crippen LogP contribution in [0.4, 0.5) is 0 Å². The summed E-state index contributed by atoms with van der Waals surface area (Å²) in [6.07, 6.45) is 1.02. The Morgan fingerprint density at radius 1 is 1.29 bits per heavy atom. The Balaban J connectivity index is 2.39. The molecule has 7 heteroatoms. The summed E-state index contributed by atoms with van der Waals surface area (Å²) >= 11 is 0. The van der Waals surface area contributed by atoms with E-state index in [2.05, 4.69) is 17.0 Å². The summed E-state index contributed by atoms with van der Waals surface area (Å²) in [7, 11) is -3.60. The average molecular weight is 318 g/mol. The minimum absolute atomic E-state index is 0.0559. The van der Waals surface area contributed by atoms with Crippen molar-refractivity contribution in [2.24, 2.45) is 5.92 Å². The summed E-state index contributed by atoms with van der Waals surface area (Å²) in [6.45, 7) is 8.76. The summed E-state index contributed by atoms with van der Waals surface area (Å²) in [5.74, 6) is 1.05. The highest BCUT2D eigenvalue weighted by molar-refractivity contribution is 7.89. The second-order valence-corrected chi connectivity index (χ2v) is 6.96. The van der Waals surface area contributed by atoms with Crippen LogP contribution >= 0.6 is 0 Å². The third-order valence-electron chi connectivity index (χ3n) is 2.62. The van der Waals surface area contributed by atoms with Gasteiger partial charge in [-0.1, -0.05) is 20.8 Å². The fourth-order valence-electron chi connectivity index (χ4n) is 1.62. The molecule has 0 aliphatic heterocycles. The van der Waals surface area contributed by atoms with Crippen LogP contribution in [0, 0.1) is 5.92 Å². The lowest BCUT2D eigenvalue weighted by Gasteiger charge is -2.07. The van der Waals surface area contributed by atoms with E-state index in [0.717, 1.165) is 13.0 Å². The molecule has 0 aromatic carbocycles. The second-order valence-electron chi connectivity index (χ2n) is 5.26. The largest absolute Gasteiger partial charge is 0.447 e. The number of furan rings is 1. The molecule has 21 heavy (non-hydrogen) atoms. The van der Waals surface area contributed by atoms with Gasteiger partial charge in [0.1, 0.15) is 5.76 Å². The lowest BCUT2D eigenvalue weighted by molar-refractivity contribution is 0.114. The van der Waals surface area contributed by atoms with E-state index >= 15 is 0 Å². The molecule has 0 unspecified atom stereocenters. The van der Waals surface area contributed by atoms with Gasteiger partial charge in [0, 0.05) is 13.2 Å². The van der Waals surface area contributed by atoms with Crippen LogP contribution in [0.1, 0.15) is 33.0 Å². The van der Waals surface area contributed by atoms with Gasteiger partial charge < -0.3 is 14.5 Å². The predicted molar refractivity (Wildman–Crippen MR) is 81.6 cm³/mol. The standard InChI is InChI=1S/C14H26N2O4S/c1-4-7-15-10-13-5-6-14(20-13)21(17,18)16-8-9-19-11-12(2)3/h5-6,12,15-16H,4,7-11H2,1-3H3. The highest BCUT2D eigenvalue weighted by Crippen LogP contribution is 2.13. The van der Waals surface area contributed by atoms with E-state index in [1.807, 2.05) is 13.8 Å². The van der Waals surface area contributed by atoms with Crippen LogP contribution in [0.25, 0.3) is 0 Å². The Labute approximate surface area is 127 Å². The molecule has 1 rings (SSSR count). The van der Waals surface area contributed by atoms with Crippen LogP contribution in [0.3, 0.4) is 0 Å².